The molecule has 0 radical (unpaired) electrons. The number of amides is 1. The third-order valence-electron chi connectivity index (χ3n) is 5.89. The number of nitrogens with zero attached hydrogens (tertiary/aromatic N) is 3. The van der Waals surface area contributed by atoms with Crippen LogP contribution >= 0.6 is 11.3 Å². The quantitative estimate of drug-likeness (QED) is 0.536. The van der Waals surface area contributed by atoms with Gasteiger partial charge in [0.05, 0.1) is 10.2 Å². The number of benzene rings is 2. The van der Waals surface area contributed by atoms with Crippen LogP contribution in [0.2, 0.25) is 0 Å². The van der Waals surface area contributed by atoms with E-state index in [1.54, 1.807) is 7.11 Å². The first-order chi connectivity index (χ1) is 15.2. The first-order valence-corrected chi connectivity index (χ1v) is 11.3. The van der Waals surface area contributed by atoms with Crippen LogP contribution in [0.3, 0.4) is 0 Å². The van der Waals surface area contributed by atoms with Crippen molar-refractivity contribution in [1.29, 1.82) is 0 Å². The van der Waals surface area contributed by atoms with Gasteiger partial charge >= 0.3 is 0 Å². The molecule has 0 saturated carbocycles. The molecule has 0 spiro atoms. The Balaban J connectivity index is 1.09. The van der Waals surface area contributed by atoms with Crippen molar-refractivity contribution in [3.63, 3.8) is 0 Å². The average molecular weight is 440 g/mol. The Hall–Kier alpha value is -2.68. The molecule has 31 heavy (non-hydrogen) atoms. The minimum atomic E-state index is 0.0963. The van der Waals surface area contributed by atoms with Crippen molar-refractivity contribution in [2.24, 2.45) is 0 Å². The Morgan fingerprint density at radius 2 is 1.90 bits per heavy atom. The van der Waals surface area contributed by atoms with Crippen LogP contribution in [0.25, 0.3) is 10.2 Å². The highest BCUT2D eigenvalue weighted by Crippen LogP contribution is 2.32. The molecule has 0 aliphatic carbocycles. The van der Waals surface area contributed by atoms with E-state index < -0.39 is 0 Å². The van der Waals surface area contributed by atoms with E-state index in [1.807, 2.05) is 53.4 Å². The zero-order valence-electron chi connectivity index (χ0n) is 17.4. The molecule has 0 N–H and O–H groups in total. The lowest BCUT2D eigenvalue weighted by Crippen LogP contribution is -2.50. The second-order valence-electron chi connectivity index (χ2n) is 7.89. The predicted octanol–water partition coefficient (Wildman–Crippen LogP) is 3.40. The van der Waals surface area contributed by atoms with Gasteiger partial charge in [0.2, 0.25) is 5.91 Å². The number of hydrogen-bond donors (Lipinski definition) is 0. The third kappa shape index (κ3) is 4.37. The number of carbonyl (C=O) groups excluding carboxylic acids is 1. The number of rotatable bonds is 8. The van der Waals surface area contributed by atoms with E-state index in [4.69, 9.17) is 14.2 Å². The number of fused-ring (bicyclic) bond motifs is 3. The molecule has 2 unspecified atom stereocenters. The molecular formula is C23H25N3O4S. The van der Waals surface area contributed by atoms with Gasteiger partial charge in [-0.1, -0.05) is 23.5 Å². The van der Waals surface area contributed by atoms with Crippen LogP contribution in [-0.4, -0.2) is 72.7 Å². The van der Waals surface area contributed by atoms with Crippen LogP contribution < -0.4 is 9.47 Å². The molecule has 7 nitrogen and oxygen atoms in total. The van der Waals surface area contributed by atoms with Crippen LogP contribution in [0.5, 0.6) is 16.7 Å². The van der Waals surface area contributed by atoms with E-state index >= 15 is 0 Å². The maximum Gasteiger partial charge on any atom is 0.279 e. The first-order valence-electron chi connectivity index (χ1n) is 10.5. The topological polar surface area (TPSA) is 64.1 Å². The molecule has 2 aromatic carbocycles. The summed E-state index contributed by atoms with van der Waals surface area (Å²) in [5.74, 6) is 1.65. The highest BCUT2D eigenvalue weighted by molar-refractivity contribution is 7.20. The second-order valence-corrected chi connectivity index (χ2v) is 8.88. The zero-order valence-corrected chi connectivity index (χ0v) is 18.2. The SMILES string of the molecule is COCC(=O)N1CC2CC1CN2CCOc1ccc(Oc2nc3ccccc3s2)cc1. The van der Waals surface area contributed by atoms with Crippen molar-refractivity contribution < 1.29 is 19.0 Å². The van der Waals surface area contributed by atoms with Gasteiger partial charge in [-0.3, -0.25) is 9.69 Å². The summed E-state index contributed by atoms with van der Waals surface area (Å²) in [4.78, 5) is 21.0. The van der Waals surface area contributed by atoms with Gasteiger partial charge in [-0.05, 0) is 42.8 Å². The van der Waals surface area contributed by atoms with E-state index in [-0.39, 0.29) is 12.5 Å². The van der Waals surface area contributed by atoms with Crippen molar-refractivity contribution in [2.45, 2.75) is 18.5 Å². The zero-order chi connectivity index (χ0) is 21.2. The molecule has 3 heterocycles. The molecule has 2 aliphatic heterocycles. The number of carbonyl (C=O) groups is 1. The molecule has 2 aliphatic rings. The number of piperazine rings is 1. The van der Waals surface area contributed by atoms with E-state index in [2.05, 4.69) is 9.88 Å². The molecule has 1 amide bonds. The number of likely N-dealkylation sites (tertiary alicyclic amines) is 2. The standard InChI is InChI=1S/C23H25N3O4S/c1-28-15-22(27)26-14-16-12-17(26)13-25(16)10-11-29-18-6-8-19(9-7-18)30-23-24-20-4-2-3-5-21(20)31-23/h2-9,16-17H,10-15H2,1H3. The fourth-order valence-corrected chi connectivity index (χ4v) is 5.25. The lowest BCUT2D eigenvalue weighted by Gasteiger charge is -2.34. The van der Waals surface area contributed by atoms with Crippen LogP contribution in [-0.2, 0) is 9.53 Å². The van der Waals surface area contributed by atoms with Crippen molar-refractivity contribution in [2.75, 3.05) is 40.0 Å². The summed E-state index contributed by atoms with van der Waals surface area (Å²) in [7, 11) is 1.56. The number of thiazole rings is 1. The summed E-state index contributed by atoms with van der Waals surface area (Å²) in [6, 6.07) is 16.4. The summed E-state index contributed by atoms with van der Waals surface area (Å²) < 4.78 is 17.9. The molecule has 2 bridgehead atoms. The lowest BCUT2D eigenvalue weighted by atomic mass is 10.2. The van der Waals surface area contributed by atoms with Crippen molar-refractivity contribution in [3.05, 3.63) is 48.5 Å². The van der Waals surface area contributed by atoms with Crippen LogP contribution in [0.15, 0.2) is 48.5 Å². The third-order valence-corrected chi connectivity index (χ3v) is 6.81. The molecule has 3 aromatic rings. The normalized spacial score (nSPS) is 20.5. The highest BCUT2D eigenvalue weighted by Gasteiger charge is 2.44. The minimum Gasteiger partial charge on any atom is -0.492 e. The smallest absolute Gasteiger partial charge is 0.279 e. The van der Waals surface area contributed by atoms with Crippen molar-refractivity contribution in [3.8, 4) is 16.7 Å². The number of aromatic nitrogens is 1. The number of hydrogen-bond acceptors (Lipinski definition) is 7. The van der Waals surface area contributed by atoms with Gasteiger partial charge < -0.3 is 19.1 Å². The van der Waals surface area contributed by atoms with Gasteiger partial charge in [0.15, 0.2) is 0 Å². The molecule has 5 rings (SSSR count). The molecule has 2 fully saturated rings. The summed E-state index contributed by atoms with van der Waals surface area (Å²) >= 11 is 1.53. The van der Waals surface area contributed by atoms with Gasteiger partial charge in [-0.2, -0.15) is 0 Å². The minimum absolute atomic E-state index is 0.0963. The summed E-state index contributed by atoms with van der Waals surface area (Å²) in [6.07, 6.45) is 1.05. The first kappa shape index (κ1) is 20.2. The van der Waals surface area contributed by atoms with Crippen LogP contribution in [0, 0.1) is 0 Å². The fraction of sp³-hybridized carbons (Fsp3) is 0.391. The molecule has 8 heteroatoms. The lowest BCUT2D eigenvalue weighted by molar-refractivity contribution is -0.137. The van der Waals surface area contributed by atoms with E-state index in [0.717, 1.165) is 47.8 Å². The maximum absolute atomic E-state index is 12.1. The molecular weight excluding hydrogens is 414 g/mol. The Morgan fingerprint density at radius 1 is 1.10 bits per heavy atom. The van der Waals surface area contributed by atoms with Crippen molar-refractivity contribution >= 4 is 27.5 Å². The van der Waals surface area contributed by atoms with Crippen LogP contribution in [0.1, 0.15) is 6.42 Å². The number of para-hydroxylation sites is 1. The number of methoxy groups -OCH3 is 1. The number of ether oxygens (including phenoxy) is 3. The summed E-state index contributed by atoms with van der Waals surface area (Å²) in [5.41, 5.74) is 0.948. The monoisotopic (exact) mass is 439 g/mol. The fourth-order valence-electron chi connectivity index (χ4n) is 4.42. The van der Waals surface area contributed by atoms with E-state index in [1.165, 1.54) is 11.3 Å². The average Bonchev–Trinajstić information content (AvgIpc) is 3.48. The predicted molar refractivity (Wildman–Crippen MR) is 119 cm³/mol. The molecule has 2 atom stereocenters. The second kappa shape index (κ2) is 8.82. The Morgan fingerprint density at radius 3 is 2.65 bits per heavy atom. The summed E-state index contributed by atoms with van der Waals surface area (Å²) in [5, 5.41) is 0.636. The van der Waals surface area contributed by atoms with Gasteiger partial charge in [-0.25, -0.2) is 4.98 Å². The van der Waals surface area contributed by atoms with E-state index in [9.17, 15) is 4.79 Å². The Kier molecular flexibility index (Phi) is 5.76. The van der Waals surface area contributed by atoms with Crippen molar-refractivity contribution in [1.82, 2.24) is 14.8 Å². The maximum atomic E-state index is 12.1. The van der Waals surface area contributed by atoms with Gasteiger partial charge in [-0.15, -0.1) is 0 Å². The molecule has 162 valence electrons. The van der Waals surface area contributed by atoms with Gasteiger partial charge in [0.1, 0.15) is 24.7 Å². The Labute approximate surface area is 185 Å². The molecule has 2 saturated heterocycles. The summed E-state index contributed by atoms with van der Waals surface area (Å²) in [6.45, 7) is 3.36. The van der Waals surface area contributed by atoms with Crippen LogP contribution in [0.4, 0.5) is 0 Å². The largest absolute Gasteiger partial charge is 0.492 e. The van der Waals surface area contributed by atoms with Gasteiger partial charge in [0, 0.05) is 38.8 Å². The van der Waals surface area contributed by atoms with Gasteiger partial charge in [0.25, 0.3) is 5.19 Å². The van der Waals surface area contributed by atoms with E-state index in [0.29, 0.717) is 23.9 Å². The highest BCUT2D eigenvalue weighted by atomic mass is 32.1. The molecule has 1 aromatic heterocycles. The Bertz CT molecular complexity index is 1020.